The van der Waals surface area contributed by atoms with Crippen molar-refractivity contribution in [3.8, 4) is 0 Å². The van der Waals surface area contributed by atoms with Gasteiger partial charge in [0.15, 0.2) is 0 Å². The first kappa shape index (κ1) is 10.5. The molecule has 1 aromatic carbocycles. The maximum atomic E-state index is 13.2. The summed E-state index contributed by atoms with van der Waals surface area (Å²) in [6.45, 7) is 0. The van der Waals surface area contributed by atoms with Gasteiger partial charge in [-0.3, -0.25) is 9.59 Å². The lowest BCUT2D eigenvalue weighted by atomic mass is 9.95. The largest absolute Gasteiger partial charge is 0.481 e. The number of carboxylic acids is 1. The van der Waals surface area contributed by atoms with Crippen molar-refractivity contribution in [3.05, 3.63) is 28.5 Å². The third kappa shape index (κ3) is 1.17. The Kier molecular flexibility index (Phi) is 1.85. The van der Waals surface area contributed by atoms with Crippen LogP contribution in [0.2, 0.25) is 5.02 Å². The van der Waals surface area contributed by atoms with Gasteiger partial charge in [-0.1, -0.05) is 11.6 Å². The number of aliphatic carboxylic acids is 1. The van der Waals surface area contributed by atoms with Crippen molar-refractivity contribution in [2.24, 2.45) is 5.92 Å². The molecular formula is C11H7ClFNO3. The van der Waals surface area contributed by atoms with Gasteiger partial charge in [-0.15, -0.1) is 0 Å². The molecule has 1 saturated carbocycles. The van der Waals surface area contributed by atoms with Crippen LogP contribution >= 0.6 is 11.6 Å². The van der Waals surface area contributed by atoms with Gasteiger partial charge < -0.3 is 10.4 Å². The first-order valence-electron chi connectivity index (χ1n) is 5.00. The Morgan fingerprint density at radius 1 is 1.59 bits per heavy atom. The molecule has 1 fully saturated rings. The van der Waals surface area contributed by atoms with Crippen LogP contribution < -0.4 is 5.32 Å². The second-order valence-corrected chi connectivity index (χ2v) is 4.74. The van der Waals surface area contributed by atoms with Crippen molar-refractivity contribution < 1.29 is 19.1 Å². The van der Waals surface area contributed by atoms with Crippen LogP contribution in [0.15, 0.2) is 12.1 Å². The summed E-state index contributed by atoms with van der Waals surface area (Å²) in [5.74, 6) is -2.78. The zero-order chi connectivity index (χ0) is 12.4. The lowest BCUT2D eigenvalue weighted by Crippen LogP contribution is -2.24. The van der Waals surface area contributed by atoms with Crippen molar-refractivity contribution >= 4 is 29.2 Å². The molecule has 0 aromatic heterocycles. The number of rotatable bonds is 1. The monoisotopic (exact) mass is 255 g/mol. The number of benzene rings is 1. The van der Waals surface area contributed by atoms with Gasteiger partial charge in [-0.05, 0) is 24.1 Å². The van der Waals surface area contributed by atoms with E-state index in [1.54, 1.807) is 0 Å². The molecule has 1 amide bonds. The fourth-order valence-electron chi connectivity index (χ4n) is 2.49. The van der Waals surface area contributed by atoms with Crippen molar-refractivity contribution in [2.45, 2.75) is 11.8 Å². The SMILES string of the molecule is O=C(O)C1CC12C(=O)Nc1cc(F)c(Cl)cc12. The highest BCUT2D eigenvalue weighted by molar-refractivity contribution is 6.31. The van der Waals surface area contributed by atoms with Crippen LogP contribution in [0.4, 0.5) is 10.1 Å². The lowest BCUT2D eigenvalue weighted by molar-refractivity contribution is -0.140. The second kappa shape index (κ2) is 2.98. The fourth-order valence-corrected chi connectivity index (χ4v) is 2.65. The standard InChI is InChI=1S/C11H7ClFNO3/c12-6-1-4-8(2-7(6)13)14-10(17)11(4)3-5(11)9(15)16/h1-2,5H,3H2,(H,14,17)(H,15,16). The van der Waals surface area contributed by atoms with E-state index in [1.807, 2.05) is 0 Å². The van der Waals surface area contributed by atoms with Crippen molar-refractivity contribution in [1.29, 1.82) is 0 Å². The van der Waals surface area contributed by atoms with Gasteiger partial charge in [0, 0.05) is 5.69 Å². The van der Waals surface area contributed by atoms with Gasteiger partial charge in [0.05, 0.1) is 16.4 Å². The maximum absolute atomic E-state index is 13.2. The summed E-state index contributed by atoms with van der Waals surface area (Å²) in [6.07, 6.45) is 0.239. The number of nitrogens with one attached hydrogen (secondary N) is 1. The number of fused-ring (bicyclic) bond motifs is 2. The van der Waals surface area contributed by atoms with Crippen LogP contribution in [0.3, 0.4) is 0 Å². The molecule has 1 heterocycles. The van der Waals surface area contributed by atoms with Gasteiger partial charge in [0.2, 0.25) is 5.91 Å². The maximum Gasteiger partial charge on any atom is 0.307 e. The fraction of sp³-hybridized carbons (Fsp3) is 0.273. The number of hydrogen-bond donors (Lipinski definition) is 2. The quantitative estimate of drug-likeness (QED) is 0.804. The molecule has 1 spiro atoms. The zero-order valence-electron chi connectivity index (χ0n) is 8.46. The molecule has 2 atom stereocenters. The van der Waals surface area contributed by atoms with Crippen molar-refractivity contribution in [3.63, 3.8) is 0 Å². The van der Waals surface area contributed by atoms with E-state index in [0.29, 0.717) is 11.3 Å². The van der Waals surface area contributed by atoms with Crippen LogP contribution in [0.1, 0.15) is 12.0 Å². The molecule has 6 heteroatoms. The lowest BCUT2D eigenvalue weighted by Gasteiger charge is -2.06. The van der Waals surface area contributed by atoms with Crippen LogP contribution in [0, 0.1) is 11.7 Å². The molecule has 1 aliphatic carbocycles. The Morgan fingerprint density at radius 2 is 2.29 bits per heavy atom. The highest BCUT2D eigenvalue weighted by Crippen LogP contribution is 2.60. The molecule has 1 aliphatic heterocycles. The number of anilines is 1. The molecule has 2 unspecified atom stereocenters. The number of carbonyl (C=O) groups excluding carboxylic acids is 1. The van der Waals surface area contributed by atoms with E-state index < -0.39 is 23.1 Å². The van der Waals surface area contributed by atoms with Gasteiger partial charge in [0.25, 0.3) is 0 Å². The molecule has 0 radical (unpaired) electrons. The summed E-state index contributed by atoms with van der Waals surface area (Å²) < 4.78 is 13.2. The predicted octanol–water partition coefficient (Wildman–Crippen LogP) is 1.77. The number of amides is 1. The Bertz CT molecular complexity index is 574. The topological polar surface area (TPSA) is 66.4 Å². The van der Waals surface area contributed by atoms with Gasteiger partial charge in [-0.2, -0.15) is 0 Å². The van der Waals surface area contributed by atoms with Crippen LogP contribution in [-0.4, -0.2) is 17.0 Å². The Balaban J connectivity index is 2.16. The summed E-state index contributed by atoms with van der Waals surface area (Å²) in [5, 5.41) is 11.4. The van der Waals surface area contributed by atoms with Crippen molar-refractivity contribution in [1.82, 2.24) is 0 Å². The van der Waals surface area contributed by atoms with Gasteiger partial charge in [-0.25, -0.2) is 4.39 Å². The second-order valence-electron chi connectivity index (χ2n) is 4.33. The third-order valence-corrected chi connectivity index (χ3v) is 3.74. The van der Waals surface area contributed by atoms with E-state index in [9.17, 15) is 14.0 Å². The first-order valence-corrected chi connectivity index (χ1v) is 5.38. The van der Waals surface area contributed by atoms with E-state index in [0.717, 1.165) is 6.07 Å². The number of hydrogen-bond acceptors (Lipinski definition) is 2. The van der Waals surface area contributed by atoms with E-state index in [1.165, 1.54) is 6.07 Å². The Labute approximate surface area is 100 Å². The smallest absolute Gasteiger partial charge is 0.307 e. The number of carboxylic acid groups (broad SMARTS) is 1. The summed E-state index contributed by atoms with van der Waals surface area (Å²) in [4.78, 5) is 22.8. The molecule has 3 rings (SSSR count). The Hall–Kier alpha value is -1.62. The minimum Gasteiger partial charge on any atom is -0.481 e. The predicted molar refractivity (Wildman–Crippen MR) is 57.5 cm³/mol. The van der Waals surface area contributed by atoms with Crippen LogP contribution in [0.5, 0.6) is 0 Å². The van der Waals surface area contributed by atoms with E-state index in [-0.39, 0.29) is 17.4 Å². The highest BCUT2D eigenvalue weighted by Gasteiger charge is 2.68. The summed E-state index contributed by atoms with van der Waals surface area (Å²) in [7, 11) is 0. The molecule has 1 aromatic rings. The van der Waals surface area contributed by atoms with E-state index in [2.05, 4.69) is 5.32 Å². The van der Waals surface area contributed by atoms with Crippen molar-refractivity contribution in [2.75, 3.05) is 5.32 Å². The molecule has 4 nitrogen and oxygen atoms in total. The summed E-state index contributed by atoms with van der Waals surface area (Å²) in [6, 6.07) is 2.47. The molecular weight excluding hydrogens is 249 g/mol. The number of halogens is 2. The van der Waals surface area contributed by atoms with Gasteiger partial charge >= 0.3 is 5.97 Å². The number of carbonyl (C=O) groups is 2. The molecule has 0 bridgehead atoms. The average molecular weight is 256 g/mol. The first-order chi connectivity index (χ1) is 7.96. The van der Waals surface area contributed by atoms with Gasteiger partial charge in [0.1, 0.15) is 5.82 Å². The summed E-state index contributed by atoms with van der Waals surface area (Å²) >= 11 is 5.66. The molecule has 2 N–H and O–H groups in total. The highest BCUT2D eigenvalue weighted by atomic mass is 35.5. The van der Waals surface area contributed by atoms with E-state index in [4.69, 9.17) is 16.7 Å². The molecule has 17 heavy (non-hydrogen) atoms. The third-order valence-electron chi connectivity index (χ3n) is 3.45. The Morgan fingerprint density at radius 3 is 2.88 bits per heavy atom. The normalized spacial score (nSPS) is 29.1. The average Bonchev–Trinajstić information content (AvgIpc) is 2.94. The molecule has 88 valence electrons. The van der Waals surface area contributed by atoms with Crippen LogP contribution in [-0.2, 0) is 15.0 Å². The van der Waals surface area contributed by atoms with Crippen LogP contribution in [0.25, 0.3) is 0 Å². The summed E-state index contributed by atoms with van der Waals surface area (Å²) in [5.41, 5.74) is -0.236. The van der Waals surface area contributed by atoms with E-state index >= 15 is 0 Å². The molecule has 2 aliphatic rings. The zero-order valence-corrected chi connectivity index (χ0v) is 9.21. The minimum absolute atomic E-state index is 0.101. The molecule has 0 saturated heterocycles. The minimum atomic E-state index is -1.04.